The average Bonchev–Trinajstić information content (AvgIpc) is 2.36. The van der Waals surface area contributed by atoms with Crippen molar-refractivity contribution in [3.8, 4) is 16.9 Å². The smallest absolute Gasteiger partial charge is 0.420 e. The molecule has 0 unspecified atom stereocenters. The summed E-state index contributed by atoms with van der Waals surface area (Å²) in [4.78, 5) is 26.8. The normalized spacial score (nSPS) is 11.5. The molecule has 1 aromatic carbocycles. The zero-order valence-corrected chi connectivity index (χ0v) is 12.1. The summed E-state index contributed by atoms with van der Waals surface area (Å²) in [5, 5.41) is 0. The van der Waals surface area contributed by atoms with Crippen LogP contribution >= 0.6 is 15.9 Å². The van der Waals surface area contributed by atoms with E-state index in [-0.39, 0.29) is 21.3 Å². The first-order valence-electron chi connectivity index (χ1n) is 5.51. The third-order valence-corrected chi connectivity index (χ3v) is 3.27. The number of methoxy groups -OCH3 is 1. The minimum atomic E-state index is -4.65. The highest BCUT2D eigenvalue weighted by molar-refractivity contribution is 9.10. The summed E-state index contributed by atoms with van der Waals surface area (Å²) in [5.74, 6) is -0.382. The molecule has 2 rings (SSSR count). The summed E-state index contributed by atoms with van der Waals surface area (Å²) in [6, 6.07) is 2.09. The van der Waals surface area contributed by atoms with Gasteiger partial charge < -0.3 is 9.72 Å². The van der Waals surface area contributed by atoms with Gasteiger partial charge in [0.1, 0.15) is 5.75 Å². The molecule has 0 aliphatic rings. The molecule has 5 nitrogen and oxygen atoms in total. The SMILES string of the molecule is COc1c(Br)cc(-c2c[nH]c(=O)[nH]c2=O)cc1C(F)(F)F. The second-order valence-corrected chi connectivity index (χ2v) is 4.88. The highest BCUT2D eigenvalue weighted by atomic mass is 79.9. The van der Waals surface area contributed by atoms with Crippen LogP contribution < -0.4 is 16.0 Å². The van der Waals surface area contributed by atoms with Gasteiger partial charge >= 0.3 is 11.9 Å². The zero-order chi connectivity index (χ0) is 15.8. The average molecular weight is 365 g/mol. The number of benzene rings is 1. The van der Waals surface area contributed by atoms with Crippen LogP contribution in [0, 0.1) is 0 Å². The van der Waals surface area contributed by atoms with Crippen LogP contribution in [0.2, 0.25) is 0 Å². The van der Waals surface area contributed by atoms with Gasteiger partial charge in [-0.15, -0.1) is 0 Å². The molecule has 0 spiro atoms. The van der Waals surface area contributed by atoms with Crippen molar-refractivity contribution in [1.82, 2.24) is 9.97 Å². The minimum Gasteiger partial charge on any atom is -0.495 e. The van der Waals surface area contributed by atoms with Gasteiger partial charge in [0.25, 0.3) is 5.56 Å². The highest BCUT2D eigenvalue weighted by Gasteiger charge is 2.36. The number of nitrogens with one attached hydrogen (secondary N) is 2. The van der Waals surface area contributed by atoms with E-state index < -0.39 is 23.0 Å². The van der Waals surface area contributed by atoms with Crippen LogP contribution in [0.4, 0.5) is 13.2 Å². The summed E-state index contributed by atoms with van der Waals surface area (Å²) in [6.07, 6.45) is -3.60. The molecule has 0 aliphatic heterocycles. The Bertz CT molecular complexity index is 796. The fraction of sp³-hybridized carbons (Fsp3) is 0.167. The quantitative estimate of drug-likeness (QED) is 0.859. The van der Waals surface area contributed by atoms with Gasteiger partial charge in [0.05, 0.1) is 22.7 Å². The van der Waals surface area contributed by atoms with Gasteiger partial charge in [-0.2, -0.15) is 13.2 Å². The van der Waals surface area contributed by atoms with Crippen molar-refractivity contribution < 1.29 is 17.9 Å². The van der Waals surface area contributed by atoms with E-state index in [1.807, 2.05) is 4.98 Å². The maximum atomic E-state index is 13.0. The molecule has 21 heavy (non-hydrogen) atoms. The fourth-order valence-electron chi connectivity index (χ4n) is 1.79. The number of aromatic amines is 2. The zero-order valence-electron chi connectivity index (χ0n) is 10.5. The molecule has 0 fully saturated rings. The van der Waals surface area contributed by atoms with E-state index in [1.165, 1.54) is 6.07 Å². The molecule has 0 radical (unpaired) electrons. The van der Waals surface area contributed by atoms with Crippen LogP contribution in [0.25, 0.3) is 11.1 Å². The standard InChI is InChI=1S/C12H8BrF3N2O3/c1-21-9-7(12(14,15)16)2-5(3-8(9)13)6-4-17-11(20)18-10(6)19/h2-4H,1H3,(H2,17,18,19,20). The molecular weight excluding hydrogens is 357 g/mol. The summed E-state index contributed by atoms with van der Waals surface area (Å²) in [6.45, 7) is 0. The molecule has 0 amide bonds. The van der Waals surface area contributed by atoms with Crippen molar-refractivity contribution >= 4 is 15.9 Å². The lowest BCUT2D eigenvalue weighted by atomic mass is 10.0. The first-order chi connectivity index (χ1) is 9.74. The number of hydrogen-bond acceptors (Lipinski definition) is 3. The molecule has 0 saturated heterocycles. The molecular formula is C12H8BrF3N2O3. The van der Waals surface area contributed by atoms with Crippen molar-refractivity contribution in [3.63, 3.8) is 0 Å². The number of H-pyrrole nitrogens is 2. The van der Waals surface area contributed by atoms with Crippen molar-refractivity contribution in [1.29, 1.82) is 0 Å². The van der Waals surface area contributed by atoms with Crippen LogP contribution in [0.15, 0.2) is 32.4 Å². The largest absolute Gasteiger partial charge is 0.495 e. The third kappa shape index (κ3) is 3.02. The summed E-state index contributed by atoms with van der Waals surface area (Å²) < 4.78 is 43.9. The highest BCUT2D eigenvalue weighted by Crippen LogP contribution is 2.42. The first-order valence-corrected chi connectivity index (χ1v) is 6.30. The number of ether oxygens (including phenoxy) is 1. The Labute approximate surface area is 123 Å². The summed E-state index contributed by atoms with van der Waals surface area (Å²) in [5.41, 5.74) is -2.66. The number of halogens is 4. The van der Waals surface area contributed by atoms with E-state index in [4.69, 9.17) is 4.74 Å². The van der Waals surface area contributed by atoms with E-state index in [9.17, 15) is 22.8 Å². The minimum absolute atomic E-state index is 0.00694. The van der Waals surface area contributed by atoms with E-state index >= 15 is 0 Å². The monoisotopic (exact) mass is 364 g/mol. The van der Waals surface area contributed by atoms with Crippen LogP contribution in [0.5, 0.6) is 5.75 Å². The van der Waals surface area contributed by atoms with Gasteiger partial charge in [-0.3, -0.25) is 9.78 Å². The van der Waals surface area contributed by atoms with E-state index in [2.05, 4.69) is 20.9 Å². The lowest BCUT2D eigenvalue weighted by Crippen LogP contribution is -2.22. The van der Waals surface area contributed by atoms with Crippen LogP contribution in [-0.4, -0.2) is 17.1 Å². The summed E-state index contributed by atoms with van der Waals surface area (Å²) in [7, 11) is 1.11. The van der Waals surface area contributed by atoms with Gasteiger partial charge in [-0.05, 0) is 33.6 Å². The lowest BCUT2D eigenvalue weighted by molar-refractivity contribution is -0.138. The third-order valence-electron chi connectivity index (χ3n) is 2.68. The molecule has 2 aromatic rings. The van der Waals surface area contributed by atoms with E-state index in [0.29, 0.717) is 0 Å². The Balaban J connectivity index is 2.75. The van der Waals surface area contributed by atoms with Crippen molar-refractivity contribution in [2.24, 2.45) is 0 Å². The van der Waals surface area contributed by atoms with Crippen molar-refractivity contribution in [2.75, 3.05) is 7.11 Å². The van der Waals surface area contributed by atoms with Crippen molar-refractivity contribution in [3.05, 3.63) is 49.2 Å². The van der Waals surface area contributed by atoms with Crippen molar-refractivity contribution in [2.45, 2.75) is 6.18 Å². The van der Waals surface area contributed by atoms with Crippen LogP contribution in [-0.2, 0) is 6.18 Å². The Kier molecular flexibility index (Phi) is 3.95. The fourth-order valence-corrected chi connectivity index (χ4v) is 2.41. The number of alkyl halides is 3. The number of aromatic nitrogens is 2. The Morgan fingerprint density at radius 1 is 1.24 bits per heavy atom. The summed E-state index contributed by atoms with van der Waals surface area (Å²) >= 11 is 2.98. The van der Waals surface area contributed by atoms with Gasteiger partial charge in [0.2, 0.25) is 0 Å². The second kappa shape index (κ2) is 5.40. The Morgan fingerprint density at radius 2 is 1.90 bits per heavy atom. The van der Waals surface area contributed by atoms with Crippen LogP contribution in [0.3, 0.4) is 0 Å². The molecule has 1 heterocycles. The molecule has 1 aromatic heterocycles. The molecule has 0 aliphatic carbocycles. The molecule has 9 heteroatoms. The van der Waals surface area contributed by atoms with Gasteiger partial charge in [0.15, 0.2) is 0 Å². The topological polar surface area (TPSA) is 75.0 Å². The molecule has 0 bridgehead atoms. The van der Waals surface area contributed by atoms with Gasteiger partial charge in [-0.25, -0.2) is 4.79 Å². The van der Waals surface area contributed by atoms with Gasteiger partial charge in [0, 0.05) is 6.20 Å². The van der Waals surface area contributed by atoms with Gasteiger partial charge in [-0.1, -0.05) is 0 Å². The molecule has 112 valence electrons. The Morgan fingerprint density at radius 3 is 2.43 bits per heavy atom. The predicted molar refractivity (Wildman–Crippen MR) is 72.4 cm³/mol. The maximum Gasteiger partial charge on any atom is 0.420 e. The number of hydrogen-bond donors (Lipinski definition) is 2. The van der Waals surface area contributed by atoms with Crippen LogP contribution in [0.1, 0.15) is 5.56 Å². The predicted octanol–water partition coefficient (Wildman–Crippen LogP) is 2.52. The second-order valence-electron chi connectivity index (χ2n) is 4.02. The first kappa shape index (κ1) is 15.4. The maximum absolute atomic E-state index is 13.0. The Hall–Kier alpha value is -2.03. The van der Waals surface area contributed by atoms with E-state index in [1.54, 1.807) is 0 Å². The molecule has 2 N–H and O–H groups in total. The lowest BCUT2D eigenvalue weighted by Gasteiger charge is -2.15. The molecule has 0 saturated carbocycles. The van der Waals surface area contributed by atoms with E-state index in [0.717, 1.165) is 19.4 Å². The number of rotatable bonds is 2. The molecule has 0 atom stereocenters.